The zero-order valence-electron chi connectivity index (χ0n) is 26.3. The zero-order valence-corrected chi connectivity index (χ0v) is 26.3. The Morgan fingerprint density at radius 2 is 1.72 bits per heavy atom. The third-order valence-electron chi connectivity index (χ3n) is 9.20. The molecule has 0 aliphatic carbocycles. The number of fused-ring (bicyclic) bond motifs is 1. The van der Waals surface area contributed by atoms with Gasteiger partial charge in [-0.05, 0) is 38.1 Å². The number of aliphatic hydroxyl groups excluding tert-OH is 2. The molecule has 3 N–H and O–H groups in total. The monoisotopic (exact) mass is 624 g/mol. The van der Waals surface area contributed by atoms with Crippen molar-refractivity contribution in [2.45, 2.75) is 56.3 Å². The molecule has 0 bridgehead atoms. The lowest BCUT2D eigenvalue weighted by Crippen LogP contribution is -2.32. The van der Waals surface area contributed by atoms with E-state index >= 15 is 0 Å². The van der Waals surface area contributed by atoms with Crippen molar-refractivity contribution < 1.29 is 19.5 Å². The topological polar surface area (TPSA) is 138 Å². The molecular formula is C34H40N8O4. The highest BCUT2D eigenvalue weighted by atomic mass is 16.6. The predicted molar refractivity (Wildman–Crippen MR) is 174 cm³/mol. The number of imidazole rings is 1. The highest BCUT2D eigenvalue weighted by Crippen LogP contribution is 2.41. The molecule has 5 aromatic rings. The second kappa shape index (κ2) is 12.8. The minimum Gasteiger partial charge on any atom is -0.387 e. The van der Waals surface area contributed by atoms with Crippen LogP contribution >= 0.6 is 0 Å². The fraction of sp³-hybridized carbons (Fsp3) is 0.412. The van der Waals surface area contributed by atoms with E-state index in [4.69, 9.17) is 24.2 Å². The summed E-state index contributed by atoms with van der Waals surface area (Å²) >= 11 is 0. The van der Waals surface area contributed by atoms with Crippen LogP contribution in [0.4, 0.5) is 11.8 Å². The summed E-state index contributed by atoms with van der Waals surface area (Å²) in [6, 6.07) is 22.9. The highest BCUT2D eigenvalue weighted by molar-refractivity contribution is 5.84. The Labute approximate surface area is 267 Å². The van der Waals surface area contributed by atoms with Gasteiger partial charge >= 0.3 is 0 Å². The summed E-state index contributed by atoms with van der Waals surface area (Å²) in [6.45, 7) is 4.14. The van der Waals surface area contributed by atoms with E-state index in [-0.39, 0.29) is 5.92 Å². The van der Waals surface area contributed by atoms with Gasteiger partial charge in [-0.1, -0.05) is 72.7 Å². The number of aliphatic hydroxyl groups is 2. The van der Waals surface area contributed by atoms with Crippen molar-refractivity contribution in [3.63, 3.8) is 0 Å². The Balaban J connectivity index is 1.25. The van der Waals surface area contributed by atoms with E-state index in [0.717, 1.165) is 25.2 Å². The molecule has 0 spiro atoms. The van der Waals surface area contributed by atoms with Gasteiger partial charge in [-0.25, -0.2) is 4.98 Å². The van der Waals surface area contributed by atoms with Gasteiger partial charge in [-0.2, -0.15) is 9.97 Å². The molecule has 2 aliphatic rings. The molecule has 0 amide bonds. The number of hydrogen-bond acceptors (Lipinski definition) is 11. The molecule has 46 heavy (non-hydrogen) atoms. The Morgan fingerprint density at radius 3 is 2.35 bits per heavy atom. The molecule has 5 heterocycles. The molecule has 0 radical (unpaired) electrons. The smallest absolute Gasteiger partial charge is 0.229 e. The van der Waals surface area contributed by atoms with Crippen LogP contribution in [0.1, 0.15) is 54.2 Å². The summed E-state index contributed by atoms with van der Waals surface area (Å²) in [5.74, 6) is 1.60. The van der Waals surface area contributed by atoms with Gasteiger partial charge in [-0.3, -0.25) is 4.57 Å². The molecule has 2 fully saturated rings. The lowest BCUT2D eigenvalue weighted by molar-refractivity contribution is -0.0434. The van der Waals surface area contributed by atoms with Crippen LogP contribution in [0, 0.1) is 0 Å². The Kier molecular flexibility index (Phi) is 8.43. The molecule has 2 aliphatic heterocycles. The van der Waals surface area contributed by atoms with Crippen molar-refractivity contribution in [1.29, 1.82) is 0 Å². The van der Waals surface area contributed by atoms with Gasteiger partial charge in [0.2, 0.25) is 5.95 Å². The van der Waals surface area contributed by atoms with Gasteiger partial charge in [0.05, 0.1) is 12.0 Å². The van der Waals surface area contributed by atoms with Gasteiger partial charge < -0.3 is 34.6 Å². The van der Waals surface area contributed by atoms with Crippen molar-refractivity contribution in [2.75, 3.05) is 43.9 Å². The summed E-state index contributed by atoms with van der Waals surface area (Å²) in [5.41, 5.74) is 4.17. The van der Waals surface area contributed by atoms with Crippen LogP contribution < -0.4 is 10.2 Å². The molecule has 7 rings (SSSR count). The fourth-order valence-electron chi connectivity index (χ4n) is 6.45. The van der Waals surface area contributed by atoms with Crippen molar-refractivity contribution in [3.8, 4) is 0 Å². The van der Waals surface area contributed by atoms with Gasteiger partial charge in [0.25, 0.3) is 0 Å². The molecule has 2 aromatic carbocycles. The van der Waals surface area contributed by atoms with E-state index in [9.17, 15) is 10.2 Å². The highest BCUT2D eigenvalue weighted by Gasteiger charge is 2.47. The first kappa shape index (κ1) is 30.3. The Hall–Kier alpha value is -4.36. The number of aromatic nitrogens is 5. The lowest BCUT2D eigenvalue weighted by Gasteiger charge is -2.23. The van der Waals surface area contributed by atoms with Gasteiger partial charge in [0.1, 0.15) is 18.3 Å². The first-order chi connectivity index (χ1) is 22.4. The number of aryl methyl sites for hydroxylation is 1. The first-order valence-electron chi connectivity index (χ1n) is 15.9. The summed E-state index contributed by atoms with van der Waals surface area (Å²) in [7, 11) is 4.18. The van der Waals surface area contributed by atoms with Gasteiger partial charge in [0, 0.05) is 37.7 Å². The van der Waals surface area contributed by atoms with Gasteiger partial charge in [-0.15, -0.1) is 0 Å². The maximum atomic E-state index is 11.2. The quantitative estimate of drug-likeness (QED) is 0.209. The average molecular weight is 625 g/mol. The van der Waals surface area contributed by atoms with E-state index in [2.05, 4.69) is 82.9 Å². The van der Waals surface area contributed by atoms with Crippen LogP contribution in [-0.4, -0.2) is 91.8 Å². The first-order valence-corrected chi connectivity index (χ1v) is 15.9. The maximum Gasteiger partial charge on any atom is 0.229 e. The molecule has 5 atom stereocenters. The molecule has 2 saturated heterocycles. The van der Waals surface area contributed by atoms with E-state index in [0.29, 0.717) is 47.7 Å². The summed E-state index contributed by atoms with van der Waals surface area (Å²) in [6.07, 6.45) is -1.05. The van der Waals surface area contributed by atoms with E-state index in [1.165, 1.54) is 11.1 Å². The third kappa shape index (κ3) is 5.73. The molecular weight excluding hydrogens is 584 g/mol. The number of nitrogens with one attached hydrogen (secondary N) is 1. The van der Waals surface area contributed by atoms with E-state index < -0.39 is 24.5 Å². The number of rotatable bonds is 10. The second-order valence-corrected chi connectivity index (χ2v) is 12.3. The van der Waals surface area contributed by atoms with Crippen LogP contribution in [0.3, 0.4) is 0 Å². The van der Waals surface area contributed by atoms with Crippen molar-refractivity contribution in [2.24, 2.45) is 0 Å². The largest absolute Gasteiger partial charge is 0.387 e. The number of hydrogen-bond donors (Lipinski definition) is 3. The van der Waals surface area contributed by atoms with Crippen LogP contribution in [-0.2, 0) is 11.2 Å². The Morgan fingerprint density at radius 1 is 1.00 bits per heavy atom. The number of ether oxygens (including phenoxy) is 1. The molecule has 12 nitrogen and oxygen atoms in total. The second-order valence-electron chi connectivity index (χ2n) is 12.3. The number of anilines is 2. The summed E-state index contributed by atoms with van der Waals surface area (Å²) < 4.78 is 13.4. The SMILES string of the molecule is CCc1cc([C@H]2O[C@@H](n3cnc4c(NCC(c5ccccc5)c5ccccc5)nc(N5CC[C@H](N(C)C)C5)nc43)[C@H](O)[C@@H]2O)on1. The van der Waals surface area contributed by atoms with E-state index in [1.807, 2.05) is 19.1 Å². The third-order valence-corrected chi connectivity index (χ3v) is 9.20. The standard InChI is InChI=1S/C34H40N8O4/c1-4-23-17-26(46-39-23)30-28(43)29(44)33(45-30)42-20-36-27-31(37-34(38-32(27)42)41-16-15-24(19-41)40(2)3)35-18-25(21-11-7-5-8-12-21)22-13-9-6-10-14-22/h5-14,17,20,24-25,28-30,33,43-44H,4,15-16,18-19H2,1-3H3,(H,35,37,38)/t24-,28-,29+,30+,33+/m0/s1. The van der Waals surface area contributed by atoms with Gasteiger partial charge in [0.15, 0.2) is 29.0 Å². The molecule has 240 valence electrons. The van der Waals surface area contributed by atoms with Crippen LogP contribution in [0.15, 0.2) is 77.6 Å². The summed E-state index contributed by atoms with van der Waals surface area (Å²) in [5, 5.41) is 29.8. The van der Waals surface area contributed by atoms with Crippen molar-refractivity contribution in [1.82, 2.24) is 29.6 Å². The van der Waals surface area contributed by atoms with Crippen LogP contribution in [0.2, 0.25) is 0 Å². The van der Waals surface area contributed by atoms with E-state index in [1.54, 1.807) is 17.0 Å². The maximum absolute atomic E-state index is 11.2. The lowest BCUT2D eigenvalue weighted by atomic mass is 9.91. The summed E-state index contributed by atoms with van der Waals surface area (Å²) in [4.78, 5) is 19.1. The minimum atomic E-state index is -1.25. The molecule has 12 heteroatoms. The molecule has 0 unspecified atom stereocenters. The predicted octanol–water partition coefficient (Wildman–Crippen LogP) is 3.75. The van der Waals surface area contributed by atoms with Crippen molar-refractivity contribution in [3.05, 3.63) is 95.6 Å². The fourth-order valence-corrected chi connectivity index (χ4v) is 6.45. The average Bonchev–Trinajstić information content (AvgIpc) is 3.89. The Bertz CT molecular complexity index is 1720. The molecule has 0 saturated carbocycles. The van der Waals surface area contributed by atoms with Crippen LogP contribution in [0.25, 0.3) is 11.2 Å². The number of nitrogens with zero attached hydrogens (tertiary/aromatic N) is 7. The zero-order chi connectivity index (χ0) is 31.8. The van der Waals surface area contributed by atoms with Crippen LogP contribution in [0.5, 0.6) is 0 Å². The normalized spacial score (nSPS) is 23.3. The minimum absolute atomic E-state index is 0.0636. The number of benzene rings is 2. The van der Waals surface area contributed by atoms with Crippen molar-refractivity contribution >= 4 is 22.9 Å². The number of likely N-dealkylation sites (N-methyl/N-ethyl adjacent to an activating group) is 1. The molecule has 3 aromatic heterocycles.